The van der Waals surface area contributed by atoms with Crippen LogP contribution in [0.3, 0.4) is 0 Å². The fourth-order valence-electron chi connectivity index (χ4n) is 3.84. The molecular weight excluding hydrogens is 286 g/mol. The highest BCUT2D eigenvalue weighted by atomic mass is 16.5. The summed E-state index contributed by atoms with van der Waals surface area (Å²) in [6.07, 6.45) is 3.10. The standard InChI is InChI=1S/C19H39N3O/c1-16-14-22(18(2,3)4)15-17(23-16)8-9-19(5,6)21-12-10-20(7)11-13-21/h16-17H,8-15H2,1-7H3. The zero-order valence-electron chi connectivity index (χ0n) is 16.6. The highest BCUT2D eigenvalue weighted by molar-refractivity contribution is 4.89. The molecule has 0 saturated carbocycles. The van der Waals surface area contributed by atoms with Gasteiger partial charge in [0.25, 0.3) is 0 Å². The van der Waals surface area contributed by atoms with Crippen molar-refractivity contribution < 1.29 is 4.74 Å². The van der Waals surface area contributed by atoms with Crippen molar-refractivity contribution in [1.29, 1.82) is 0 Å². The molecule has 23 heavy (non-hydrogen) atoms. The van der Waals surface area contributed by atoms with E-state index in [0.29, 0.717) is 12.2 Å². The number of rotatable bonds is 4. The van der Waals surface area contributed by atoms with E-state index in [1.807, 2.05) is 0 Å². The minimum absolute atomic E-state index is 0.239. The van der Waals surface area contributed by atoms with Crippen LogP contribution in [0.5, 0.6) is 0 Å². The highest BCUT2D eigenvalue weighted by Gasteiger charge is 2.34. The minimum atomic E-state index is 0.239. The van der Waals surface area contributed by atoms with Gasteiger partial charge in [0.05, 0.1) is 12.2 Å². The van der Waals surface area contributed by atoms with E-state index in [2.05, 4.69) is 63.3 Å². The van der Waals surface area contributed by atoms with Crippen LogP contribution in [-0.2, 0) is 4.74 Å². The zero-order valence-corrected chi connectivity index (χ0v) is 16.6. The van der Waals surface area contributed by atoms with Crippen LogP contribution >= 0.6 is 0 Å². The number of ether oxygens (including phenoxy) is 1. The fraction of sp³-hybridized carbons (Fsp3) is 1.00. The molecule has 2 aliphatic rings. The maximum atomic E-state index is 6.24. The molecule has 0 aromatic heterocycles. The van der Waals surface area contributed by atoms with Gasteiger partial charge in [-0.25, -0.2) is 0 Å². The first-order chi connectivity index (χ1) is 10.6. The molecule has 0 bridgehead atoms. The third-order valence-electron chi connectivity index (χ3n) is 5.71. The third-order valence-corrected chi connectivity index (χ3v) is 5.71. The number of hydrogen-bond donors (Lipinski definition) is 0. The molecule has 2 atom stereocenters. The predicted octanol–water partition coefficient (Wildman–Crippen LogP) is 2.68. The molecule has 4 heteroatoms. The molecule has 0 N–H and O–H groups in total. The second-order valence-electron chi connectivity index (χ2n) is 9.29. The predicted molar refractivity (Wildman–Crippen MR) is 98.0 cm³/mol. The molecule has 2 rings (SSSR count). The lowest BCUT2D eigenvalue weighted by atomic mass is 9.92. The first kappa shape index (κ1) is 19.2. The largest absolute Gasteiger partial charge is 0.373 e. The van der Waals surface area contributed by atoms with E-state index in [9.17, 15) is 0 Å². The Morgan fingerprint density at radius 2 is 1.52 bits per heavy atom. The number of nitrogens with zero attached hydrogens (tertiary/aromatic N) is 3. The Hall–Kier alpha value is -0.160. The SMILES string of the molecule is CC1CN(C(C)(C)C)CC(CCC(C)(C)N2CCN(C)CC2)O1. The lowest BCUT2D eigenvalue weighted by Crippen LogP contribution is -2.56. The summed E-state index contributed by atoms with van der Waals surface area (Å²) in [5, 5.41) is 0. The first-order valence-electron chi connectivity index (χ1n) is 9.42. The topological polar surface area (TPSA) is 19.0 Å². The van der Waals surface area contributed by atoms with Gasteiger partial charge in [-0.2, -0.15) is 0 Å². The summed E-state index contributed by atoms with van der Waals surface area (Å²) in [5.41, 5.74) is 0.515. The smallest absolute Gasteiger partial charge is 0.0707 e. The Bertz CT molecular complexity index is 369. The minimum Gasteiger partial charge on any atom is -0.373 e. The van der Waals surface area contributed by atoms with E-state index >= 15 is 0 Å². The van der Waals surface area contributed by atoms with Crippen LogP contribution < -0.4 is 0 Å². The van der Waals surface area contributed by atoms with Gasteiger partial charge in [0.15, 0.2) is 0 Å². The van der Waals surface area contributed by atoms with E-state index in [-0.39, 0.29) is 11.1 Å². The van der Waals surface area contributed by atoms with E-state index < -0.39 is 0 Å². The lowest BCUT2D eigenvalue weighted by molar-refractivity contribution is -0.106. The lowest BCUT2D eigenvalue weighted by Gasteiger charge is -2.46. The maximum absolute atomic E-state index is 6.24. The average Bonchev–Trinajstić information content (AvgIpc) is 2.44. The molecule has 0 spiro atoms. The Morgan fingerprint density at radius 3 is 2.09 bits per heavy atom. The quantitative estimate of drug-likeness (QED) is 0.791. The number of morpholine rings is 1. The molecule has 2 aliphatic heterocycles. The van der Waals surface area contributed by atoms with Gasteiger partial charge in [-0.3, -0.25) is 9.80 Å². The first-order valence-corrected chi connectivity index (χ1v) is 9.42. The van der Waals surface area contributed by atoms with Gasteiger partial charge in [-0.15, -0.1) is 0 Å². The van der Waals surface area contributed by atoms with E-state index in [4.69, 9.17) is 4.74 Å². The monoisotopic (exact) mass is 325 g/mol. The van der Waals surface area contributed by atoms with Crippen molar-refractivity contribution in [3.63, 3.8) is 0 Å². The van der Waals surface area contributed by atoms with Crippen molar-refractivity contribution in [2.75, 3.05) is 46.3 Å². The molecule has 0 aromatic carbocycles. The fourth-order valence-corrected chi connectivity index (χ4v) is 3.84. The van der Waals surface area contributed by atoms with Crippen LogP contribution in [0.4, 0.5) is 0 Å². The van der Waals surface area contributed by atoms with Crippen LogP contribution in [0.1, 0.15) is 54.4 Å². The molecule has 0 radical (unpaired) electrons. The Kier molecular flexibility index (Phi) is 6.15. The summed E-state index contributed by atoms with van der Waals surface area (Å²) in [7, 11) is 2.22. The second-order valence-corrected chi connectivity index (χ2v) is 9.29. The number of piperazine rings is 1. The molecule has 4 nitrogen and oxygen atoms in total. The Balaban J connectivity index is 1.86. The molecule has 0 aliphatic carbocycles. The normalized spacial score (nSPS) is 29.9. The molecule has 2 fully saturated rings. The summed E-state index contributed by atoms with van der Waals surface area (Å²) < 4.78 is 6.24. The maximum Gasteiger partial charge on any atom is 0.0707 e. The summed E-state index contributed by atoms with van der Waals surface area (Å²) in [6, 6.07) is 0. The van der Waals surface area contributed by atoms with Gasteiger partial charge < -0.3 is 9.64 Å². The van der Waals surface area contributed by atoms with Crippen molar-refractivity contribution in [1.82, 2.24) is 14.7 Å². The molecule has 2 unspecified atom stereocenters. The van der Waals surface area contributed by atoms with Crippen molar-refractivity contribution in [2.24, 2.45) is 0 Å². The number of likely N-dealkylation sites (N-methyl/N-ethyl adjacent to an activating group) is 1. The van der Waals surface area contributed by atoms with Crippen LogP contribution in [0.2, 0.25) is 0 Å². The average molecular weight is 326 g/mol. The van der Waals surface area contributed by atoms with Gasteiger partial charge in [-0.1, -0.05) is 0 Å². The van der Waals surface area contributed by atoms with Gasteiger partial charge in [-0.05, 0) is 61.4 Å². The zero-order chi connectivity index (χ0) is 17.3. The van der Waals surface area contributed by atoms with Crippen LogP contribution in [0.15, 0.2) is 0 Å². The van der Waals surface area contributed by atoms with Crippen molar-refractivity contribution in [3.8, 4) is 0 Å². The molecule has 2 heterocycles. The molecule has 136 valence electrons. The van der Waals surface area contributed by atoms with Crippen LogP contribution in [0.25, 0.3) is 0 Å². The van der Waals surface area contributed by atoms with Crippen LogP contribution in [-0.4, -0.2) is 84.3 Å². The third kappa shape index (κ3) is 5.42. The van der Waals surface area contributed by atoms with E-state index in [1.165, 1.54) is 32.6 Å². The highest BCUT2D eigenvalue weighted by Crippen LogP contribution is 2.27. The van der Waals surface area contributed by atoms with Crippen LogP contribution in [0, 0.1) is 0 Å². The van der Waals surface area contributed by atoms with Crippen molar-refractivity contribution >= 4 is 0 Å². The van der Waals surface area contributed by atoms with Gasteiger partial charge in [0, 0.05) is 50.3 Å². The van der Waals surface area contributed by atoms with Gasteiger partial charge in [0.2, 0.25) is 0 Å². The molecule has 0 aromatic rings. The Labute approximate surface area is 144 Å². The summed E-state index contributed by atoms with van der Waals surface area (Å²) in [4.78, 5) is 7.69. The van der Waals surface area contributed by atoms with E-state index in [0.717, 1.165) is 19.5 Å². The van der Waals surface area contributed by atoms with Crippen molar-refractivity contribution in [2.45, 2.75) is 77.7 Å². The summed E-state index contributed by atoms with van der Waals surface area (Å²) in [6.45, 7) is 20.9. The van der Waals surface area contributed by atoms with E-state index in [1.54, 1.807) is 0 Å². The summed E-state index contributed by atoms with van der Waals surface area (Å²) in [5.74, 6) is 0. The Morgan fingerprint density at radius 1 is 0.913 bits per heavy atom. The second kappa shape index (κ2) is 7.38. The van der Waals surface area contributed by atoms with Gasteiger partial charge >= 0.3 is 0 Å². The molecular formula is C19H39N3O. The molecule has 2 saturated heterocycles. The summed E-state index contributed by atoms with van der Waals surface area (Å²) >= 11 is 0. The number of hydrogen-bond acceptors (Lipinski definition) is 4. The van der Waals surface area contributed by atoms with Crippen molar-refractivity contribution in [3.05, 3.63) is 0 Å². The molecule has 0 amide bonds. The van der Waals surface area contributed by atoms with Gasteiger partial charge in [0.1, 0.15) is 0 Å².